The quantitative estimate of drug-likeness (QED) is 0.857. The predicted molar refractivity (Wildman–Crippen MR) is 86.4 cm³/mol. The van der Waals surface area contributed by atoms with Crippen molar-refractivity contribution >= 4 is 11.8 Å². The van der Waals surface area contributed by atoms with Crippen LogP contribution in [0, 0.1) is 0 Å². The summed E-state index contributed by atoms with van der Waals surface area (Å²) in [6, 6.07) is 4.53. The summed E-state index contributed by atoms with van der Waals surface area (Å²) in [5, 5.41) is 6.68. The number of aromatic amines is 1. The molecule has 1 aliphatic rings. The number of nitrogens with one attached hydrogen (secondary N) is 1. The minimum atomic E-state index is -0.622. The fourth-order valence-corrected chi connectivity index (χ4v) is 3.05. The Hall–Kier alpha value is -2.90. The Kier molecular flexibility index (Phi) is 4.20. The summed E-state index contributed by atoms with van der Waals surface area (Å²) in [5.41, 5.74) is 5.84. The van der Waals surface area contributed by atoms with Gasteiger partial charge in [-0.3, -0.25) is 19.5 Å². The van der Waals surface area contributed by atoms with Crippen molar-refractivity contribution in [1.29, 1.82) is 0 Å². The number of amides is 2. The molecule has 0 radical (unpaired) electrons. The fourth-order valence-electron chi connectivity index (χ4n) is 3.05. The maximum absolute atomic E-state index is 12.9. The second kappa shape index (κ2) is 6.31. The van der Waals surface area contributed by atoms with Gasteiger partial charge in [-0.2, -0.15) is 5.10 Å². The van der Waals surface area contributed by atoms with Crippen LogP contribution in [-0.4, -0.2) is 38.0 Å². The van der Waals surface area contributed by atoms with Crippen molar-refractivity contribution < 1.29 is 9.59 Å². The smallest absolute Gasteiger partial charge is 0.269 e. The van der Waals surface area contributed by atoms with Crippen LogP contribution in [0.5, 0.6) is 0 Å². The van der Waals surface area contributed by atoms with Gasteiger partial charge < -0.3 is 15.2 Å². The van der Waals surface area contributed by atoms with Gasteiger partial charge in [0.25, 0.3) is 17.4 Å². The number of piperidine rings is 1. The molecule has 1 saturated heterocycles. The van der Waals surface area contributed by atoms with Gasteiger partial charge in [0.15, 0.2) is 0 Å². The summed E-state index contributed by atoms with van der Waals surface area (Å²) in [5.74, 6) is -0.931. The lowest BCUT2D eigenvalue weighted by Gasteiger charge is -2.35. The number of likely N-dealkylation sites (tertiary alicyclic amines) is 1. The Morgan fingerprint density at radius 2 is 2.17 bits per heavy atom. The first-order valence-corrected chi connectivity index (χ1v) is 7.80. The Bertz CT molecular complexity index is 838. The first-order valence-electron chi connectivity index (χ1n) is 7.80. The lowest BCUT2D eigenvalue weighted by Crippen LogP contribution is -2.41. The summed E-state index contributed by atoms with van der Waals surface area (Å²) in [6.45, 7) is 0.548. The lowest BCUT2D eigenvalue weighted by molar-refractivity contribution is 0.0603. The highest BCUT2D eigenvalue weighted by molar-refractivity contribution is 5.94. The van der Waals surface area contributed by atoms with E-state index in [1.54, 1.807) is 30.3 Å². The molecule has 0 bridgehead atoms. The summed E-state index contributed by atoms with van der Waals surface area (Å²) in [6.07, 6.45) is 4.17. The van der Waals surface area contributed by atoms with Crippen LogP contribution in [0.3, 0.4) is 0 Å². The van der Waals surface area contributed by atoms with E-state index in [9.17, 15) is 14.4 Å². The molecule has 126 valence electrons. The lowest BCUT2D eigenvalue weighted by atomic mass is 9.98. The van der Waals surface area contributed by atoms with Crippen LogP contribution in [0.1, 0.15) is 51.8 Å². The highest BCUT2D eigenvalue weighted by Crippen LogP contribution is 2.31. The average Bonchev–Trinajstić information content (AvgIpc) is 3.07. The number of hydrogen-bond donors (Lipinski definition) is 2. The van der Waals surface area contributed by atoms with Crippen molar-refractivity contribution in [3.63, 3.8) is 0 Å². The van der Waals surface area contributed by atoms with E-state index in [0.717, 1.165) is 19.3 Å². The van der Waals surface area contributed by atoms with Gasteiger partial charge >= 0.3 is 0 Å². The molecule has 8 heteroatoms. The van der Waals surface area contributed by atoms with Gasteiger partial charge in [0, 0.05) is 19.8 Å². The molecule has 1 atom stereocenters. The monoisotopic (exact) mass is 329 g/mol. The standard InChI is InChI=1S/C16H19N5O3/c1-20-7-4-5-10(15(20)23)16(24)21-8-3-2-6-13(21)11-9-12(14(17)22)19-18-11/h4-5,7,9,13H,2-3,6,8H2,1H3,(H2,17,22)(H,18,19)/t13-/m0/s1. The number of rotatable bonds is 3. The van der Waals surface area contributed by atoms with Crippen molar-refractivity contribution in [3.05, 3.63) is 51.7 Å². The Morgan fingerprint density at radius 1 is 1.38 bits per heavy atom. The maximum Gasteiger partial charge on any atom is 0.269 e. The van der Waals surface area contributed by atoms with Crippen LogP contribution in [-0.2, 0) is 7.05 Å². The molecule has 3 N–H and O–H groups in total. The zero-order chi connectivity index (χ0) is 17.3. The largest absolute Gasteiger partial charge is 0.364 e. The van der Waals surface area contributed by atoms with Gasteiger partial charge in [0.1, 0.15) is 11.3 Å². The molecule has 3 heterocycles. The molecule has 0 aliphatic carbocycles. The molecule has 2 aromatic heterocycles. The third kappa shape index (κ3) is 2.82. The molecule has 2 aromatic rings. The number of aryl methyl sites for hydroxylation is 1. The molecule has 3 rings (SSSR count). The molecule has 0 saturated carbocycles. The number of carbonyl (C=O) groups is 2. The van der Waals surface area contributed by atoms with E-state index >= 15 is 0 Å². The molecule has 1 aliphatic heterocycles. The number of nitrogens with zero attached hydrogens (tertiary/aromatic N) is 3. The van der Waals surface area contributed by atoms with Gasteiger partial charge in [-0.15, -0.1) is 0 Å². The highest BCUT2D eigenvalue weighted by Gasteiger charge is 2.31. The van der Waals surface area contributed by atoms with E-state index in [-0.39, 0.29) is 28.8 Å². The predicted octanol–water partition coefficient (Wildman–Crippen LogP) is 0.575. The molecule has 1 fully saturated rings. The fraction of sp³-hybridized carbons (Fsp3) is 0.375. The normalized spacial score (nSPS) is 17.7. The topological polar surface area (TPSA) is 114 Å². The van der Waals surface area contributed by atoms with Crippen molar-refractivity contribution in [2.45, 2.75) is 25.3 Å². The van der Waals surface area contributed by atoms with Gasteiger partial charge in [0.2, 0.25) is 0 Å². The highest BCUT2D eigenvalue weighted by atomic mass is 16.2. The number of pyridine rings is 1. The first kappa shape index (κ1) is 16.0. The number of carbonyl (C=O) groups excluding carboxylic acids is 2. The van der Waals surface area contributed by atoms with Crippen molar-refractivity contribution in [3.8, 4) is 0 Å². The van der Waals surface area contributed by atoms with E-state index in [2.05, 4.69) is 10.2 Å². The van der Waals surface area contributed by atoms with Crippen LogP contribution in [0.2, 0.25) is 0 Å². The molecular weight excluding hydrogens is 310 g/mol. The number of hydrogen-bond acceptors (Lipinski definition) is 4. The molecule has 8 nitrogen and oxygen atoms in total. The van der Waals surface area contributed by atoms with Gasteiger partial charge in [-0.05, 0) is 37.5 Å². The zero-order valence-corrected chi connectivity index (χ0v) is 13.4. The van der Waals surface area contributed by atoms with Crippen LogP contribution < -0.4 is 11.3 Å². The van der Waals surface area contributed by atoms with Gasteiger partial charge in [-0.25, -0.2) is 0 Å². The maximum atomic E-state index is 12.9. The van der Waals surface area contributed by atoms with Crippen molar-refractivity contribution in [2.24, 2.45) is 12.8 Å². The molecule has 2 amide bonds. The Balaban J connectivity index is 1.94. The van der Waals surface area contributed by atoms with E-state index < -0.39 is 5.91 Å². The number of primary amides is 1. The van der Waals surface area contributed by atoms with Crippen molar-refractivity contribution in [2.75, 3.05) is 6.54 Å². The number of nitrogens with two attached hydrogens (primary N) is 1. The Morgan fingerprint density at radius 3 is 2.88 bits per heavy atom. The summed E-state index contributed by atoms with van der Waals surface area (Å²) < 4.78 is 1.38. The number of H-pyrrole nitrogens is 1. The van der Waals surface area contributed by atoms with Crippen molar-refractivity contribution in [1.82, 2.24) is 19.7 Å². The van der Waals surface area contributed by atoms with E-state index in [0.29, 0.717) is 12.2 Å². The molecular formula is C16H19N5O3. The van der Waals surface area contributed by atoms with Crippen LogP contribution in [0.15, 0.2) is 29.2 Å². The van der Waals surface area contributed by atoms with Crippen LogP contribution >= 0.6 is 0 Å². The van der Waals surface area contributed by atoms with Gasteiger partial charge in [-0.1, -0.05) is 0 Å². The summed E-state index contributed by atoms with van der Waals surface area (Å²) >= 11 is 0. The van der Waals surface area contributed by atoms with Gasteiger partial charge in [0.05, 0.1) is 11.7 Å². The Labute approximate surface area is 138 Å². The van der Waals surface area contributed by atoms with E-state index in [1.807, 2.05) is 0 Å². The third-order valence-corrected chi connectivity index (χ3v) is 4.33. The summed E-state index contributed by atoms with van der Waals surface area (Å²) in [4.78, 5) is 38.0. The summed E-state index contributed by atoms with van der Waals surface area (Å²) in [7, 11) is 1.61. The molecule has 0 aromatic carbocycles. The SMILES string of the molecule is Cn1cccc(C(=O)N2CCCC[C@H]2c2cc(C(N)=O)n[nH]2)c1=O. The second-order valence-electron chi connectivity index (χ2n) is 5.92. The molecule has 0 spiro atoms. The van der Waals surface area contributed by atoms with Crippen LogP contribution in [0.25, 0.3) is 0 Å². The van der Waals surface area contributed by atoms with E-state index in [4.69, 9.17) is 5.73 Å². The zero-order valence-electron chi connectivity index (χ0n) is 13.4. The number of aromatic nitrogens is 3. The van der Waals surface area contributed by atoms with E-state index in [1.165, 1.54) is 10.6 Å². The van der Waals surface area contributed by atoms with Crippen LogP contribution in [0.4, 0.5) is 0 Å². The third-order valence-electron chi connectivity index (χ3n) is 4.33. The average molecular weight is 329 g/mol. The molecule has 24 heavy (non-hydrogen) atoms. The second-order valence-corrected chi connectivity index (χ2v) is 5.92. The first-order chi connectivity index (χ1) is 11.5. The molecule has 0 unspecified atom stereocenters. The minimum Gasteiger partial charge on any atom is -0.364 e. The minimum absolute atomic E-state index is 0.138.